The normalized spacial score (nSPS) is 12.3. The summed E-state index contributed by atoms with van der Waals surface area (Å²) in [5.41, 5.74) is -1.78. The largest absolute Gasteiger partial charge is 0.443 e. The highest BCUT2D eigenvalue weighted by Gasteiger charge is 2.16. The van der Waals surface area contributed by atoms with Gasteiger partial charge in [-0.1, -0.05) is 17.7 Å². The third-order valence-electron chi connectivity index (χ3n) is 2.26. The van der Waals surface area contributed by atoms with Crippen LogP contribution in [0.2, 0.25) is 0 Å². The molecule has 0 bridgehead atoms. The van der Waals surface area contributed by atoms with Crippen molar-refractivity contribution in [2.75, 3.05) is 0 Å². The Morgan fingerprint density at radius 1 is 1.33 bits per heavy atom. The van der Waals surface area contributed by atoms with Crippen LogP contribution in [-0.2, 0) is 4.74 Å². The standard InChI is InChI=1S/C11H9ClN2O4/c1-5(12)18-10(16)6-3-2-4-7-8(6)9(15)14-11(17)13-7/h2-5H,1H3,(H2,13,14,15,17). The van der Waals surface area contributed by atoms with Crippen molar-refractivity contribution in [3.63, 3.8) is 0 Å². The zero-order chi connectivity index (χ0) is 13.3. The van der Waals surface area contributed by atoms with Crippen LogP contribution in [0, 0.1) is 0 Å². The van der Waals surface area contributed by atoms with Gasteiger partial charge in [0, 0.05) is 0 Å². The Labute approximate surface area is 106 Å². The topological polar surface area (TPSA) is 92.0 Å². The van der Waals surface area contributed by atoms with Gasteiger partial charge in [-0.05, 0) is 19.1 Å². The Morgan fingerprint density at radius 2 is 2.06 bits per heavy atom. The first-order valence-electron chi connectivity index (χ1n) is 5.09. The Morgan fingerprint density at radius 3 is 2.72 bits per heavy atom. The van der Waals surface area contributed by atoms with E-state index in [4.69, 9.17) is 16.3 Å². The number of aromatic nitrogens is 2. The highest BCUT2D eigenvalue weighted by molar-refractivity contribution is 6.20. The SMILES string of the molecule is CC(Cl)OC(=O)c1cccc2[nH]c(=O)[nH]c(=O)c12. The number of hydrogen-bond acceptors (Lipinski definition) is 4. The molecule has 0 aliphatic heterocycles. The second-order valence-corrected chi connectivity index (χ2v) is 4.20. The number of halogens is 1. The summed E-state index contributed by atoms with van der Waals surface area (Å²) in [6, 6.07) is 4.48. The number of rotatable bonds is 2. The van der Waals surface area contributed by atoms with Crippen molar-refractivity contribution in [1.29, 1.82) is 0 Å². The van der Waals surface area contributed by atoms with Gasteiger partial charge in [0.25, 0.3) is 5.56 Å². The summed E-state index contributed by atoms with van der Waals surface area (Å²) >= 11 is 5.55. The molecule has 2 N–H and O–H groups in total. The van der Waals surface area contributed by atoms with Gasteiger partial charge < -0.3 is 9.72 Å². The van der Waals surface area contributed by atoms with E-state index in [1.54, 1.807) is 0 Å². The molecule has 6 nitrogen and oxygen atoms in total. The van der Waals surface area contributed by atoms with E-state index in [0.717, 1.165) is 0 Å². The number of carbonyl (C=O) groups is 1. The van der Waals surface area contributed by atoms with Crippen LogP contribution in [0.1, 0.15) is 17.3 Å². The Kier molecular flexibility index (Phi) is 3.20. The van der Waals surface area contributed by atoms with E-state index < -0.39 is 22.8 Å². The number of benzene rings is 1. The van der Waals surface area contributed by atoms with Crippen LogP contribution in [0.15, 0.2) is 27.8 Å². The summed E-state index contributed by atoms with van der Waals surface area (Å²) in [7, 11) is 0. The van der Waals surface area contributed by atoms with Crippen LogP contribution in [-0.4, -0.2) is 21.5 Å². The molecule has 0 fully saturated rings. The number of fused-ring (bicyclic) bond motifs is 1. The maximum Gasteiger partial charge on any atom is 0.340 e. The Balaban J connectivity index is 2.69. The first-order valence-corrected chi connectivity index (χ1v) is 5.53. The number of alkyl halides is 1. The van der Waals surface area contributed by atoms with Crippen LogP contribution in [0.25, 0.3) is 10.9 Å². The van der Waals surface area contributed by atoms with Crippen LogP contribution in [0.3, 0.4) is 0 Å². The van der Waals surface area contributed by atoms with Crippen LogP contribution >= 0.6 is 11.6 Å². The second-order valence-electron chi connectivity index (χ2n) is 3.58. The summed E-state index contributed by atoms with van der Waals surface area (Å²) < 4.78 is 4.81. The summed E-state index contributed by atoms with van der Waals surface area (Å²) in [5, 5.41) is 0.0689. The van der Waals surface area contributed by atoms with Crippen LogP contribution in [0.4, 0.5) is 0 Å². The van der Waals surface area contributed by atoms with E-state index in [9.17, 15) is 14.4 Å². The average molecular weight is 269 g/mol. The molecular weight excluding hydrogens is 260 g/mol. The Hall–Kier alpha value is -2.08. The molecule has 2 aromatic rings. The average Bonchev–Trinajstić information content (AvgIpc) is 2.26. The highest BCUT2D eigenvalue weighted by atomic mass is 35.5. The summed E-state index contributed by atoms with van der Waals surface area (Å²) in [5.74, 6) is -0.722. The van der Waals surface area contributed by atoms with Crippen molar-refractivity contribution < 1.29 is 9.53 Å². The number of carbonyl (C=O) groups excluding carboxylic acids is 1. The van der Waals surface area contributed by atoms with Crippen molar-refractivity contribution in [3.8, 4) is 0 Å². The van der Waals surface area contributed by atoms with Crippen molar-refractivity contribution >= 4 is 28.5 Å². The van der Waals surface area contributed by atoms with E-state index in [2.05, 4.69) is 9.97 Å². The van der Waals surface area contributed by atoms with Crippen LogP contribution < -0.4 is 11.2 Å². The van der Waals surface area contributed by atoms with E-state index in [1.165, 1.54) is 25.1 Å². The minimum absolute atomic E-state index is 0.0532. The predicted octanol–water partition coefficient (Wildman–Crippen LogP) is 0.958. The molecule has 1 aromatic heterocycles. The lowest BCUT2D eigenvalue weighted by Crippen LogP contribution is -2.24. The van der Waals surface area contributed by atoms with E-state index in [0.29, 0.717) is 0 Å². The van der Waals surface area contributed by atoms with Gasteiger partial charge in [-0.2, -0.15) is 0 Å². The quantitative estimate of drug-likeness (QED) is 0.627. The molecule has 1 unspecified atom stereocenters. The third kappa shape index (κ3) is 2.28. The van der Waals surface area contributed by atoms with Gasteiger partial charge in [0.2, 0.25) is 0 Å². The molecule has 0 radical (unpaired) electrons. The van der Waals surface area contributed by atoms with E-state index >= 15 is 0 Å². The van der Waals surface area contributed by atoms with Gasteiger partial charge in [0.15, 0.2) is 5.56 Å². The van der Waals surface area contributed by atoms with Crippen LogP contribution in [0.5, 0.6) is 0 Å². The molecule has 18 heavy (non-hydrogen) atoms. The first-order chi connectivity index (χ1) is 8.49. The summed E-state index contributed by atoms with van der Waals surface area (Å²) in [4.78, 5) is 39.0. The summed E-state index contributed by atoms with van der Waals surface area (Å²) in [6.45, 7) is 1.48. The van der Waals surface area contributed by atoms with Gasteiger partial charge in [0.1, 0.15) is 0 Å². The molecule has 0 amide bonds. The van der Waals surface area contributed by atoms with E-state index in [-0.39, 0.29) is 16.5 Å². The molecule has 0 aliphatic rings. The van der Waals surface area contributed by atoms with Crippen molar-refractivity contribution in [2.45, 2.75) is 12.5 Å². The van der Waals surface area contributed by atoms with Gasteiger partial charge in [-0.3, -0.25) is 9.78 Å². The third-order valence-corrected chi connectivity index (χ3v) is 2.35. The molecule has 0 spiro atoms. The molecule has 94 valence electrons. The zero-order valence-electron chi connectivity index (χ0n) is 9.32. The highest BCUT2D eigenvalue weighted by Crippen LogP contribution is 2.14. The molecule has 1 atom stereocenters. The number of hydrogen-bond donors (Lipinski definition) is 2. The van der Waals surface area contributed by atoms with Crippen molar-refractivity contribution in [2.24, 2.45) is 0 Å². The number of aromatic amines is 2. The molecule has 0 saturated carbocycles. The van der Waals surface area contributed by atoms with E-state index in [1.807, 2.05) is 0 Å². The molecule has 1 heterocycles. The monoisotopic (exact) mass is 268 g/mol. The van der Waals surface area contributed by atoms with Crippen molar-refractivity contribution in [1.82, 2.24) is 9.97 Å². The predicted molar refractivity (Wildman–Crippen MR) is 65.9 cm³/mol. The van der Waals surface area contributed by atoms with Gasteiger partial charge in [-0.15, -0.1) is 0 Å². The number of ether oxygens (including phenoxy) is 1. The maximum absolute atomic E-state index is 11.8. The molecule has 1 aromatic carbocycles. The zero-order valence-corrected chi connectivity index (χ0v) is 10.1. The lowest BCUT2D eigenvalue weighted by Gasteiger charge is -2.07. The van der Waals surface area contributed by atoms with Gasteiger partial charge in [0.05, 0.1) is 16.5 Å². The fraction of sp³-hybridized carbons (Fsp3) is 0.182. The molecular formula is C11H9ClN2O4. The Bertz CT molecular complexity index is 717. The molecule has 0 aliphatic carbocycles. The smallest absolute Gasteiger partial charge is 0.340 e. The second kappa shape index (κ2) is 4.66. The first kappa shape index (κ1) is 12.4. The summed E-state index contributed by atoms with van der Waals surface area (Å²) in [6.07, 6.45) is 0. The number of nitrogens with one attached hydrogen (secondary N) is 2. The number of esters is 1. The lowest BCUT2D eigenvalue weighted by atomic mass is 10.1. The minimum atomic E-state index is -0.811. The fourth-order valence-corrected chi connectivity index (χ4v) is 1.68. The maximum atomic E-state index is 11.8. The van der Waals surface area contributed by atoms with Gasteiger partial charge in [-0.25, -0.2) is 9.59 Å². The van der Waals surface area contributed by atoms with Gasteiger partial charge >= 0.3 is 11.7 Å². The molecule has 7 heteroatoms. The molecule has 0 saturated heterocycles. The van der Waals surface area contributed by atoms with Crippen molar-refractivity contribution in [3.05, 3.63) is 44.6 Å². The molecule has 2 rings (SSSR count). The fourth-order valence-electron chi connectivity index (χ4n) is 1.60. The lowest BCUT2D eigenvalue weighted by molar-refractivity contribution is 0.0474. The number of H-pyrrole nitrogens is 2. The minimum Gasteiger partial charge on any atom is -0.443 e.